The highest BCUT2D eigenvalue weighted by Gasteiger charge is 2.12. The van der Waals surface area contributed by atoms with Gasteiger partial charge in [0.2, 0.25) is 10.0 Å². The Morgan fingerprint density at radius 2 is 2.00 bits per heavy atom. The van der Waals surface area contributed by atoms with Crippen molar-refractivity contribution < 1.29 is 8.42 Å². The minimum absolute atomic E-state index is 0.0616. The standard InChI is InChI=1S/C12H13N3O3S3/c13-11(19)9-3-1-8(2-4-9)7-21(17,18)14-5-10-6-20-12(16)15-10/h1-4,6,14H,5,7H2,(H2,13,19)(H,15,16). The largest absolute Gasteiger partial charge is 0.389 e. The number of hydrogen-bond acceptors (Lipinski definition) is 5. The van der Waals surface area contributed by atoms with Gasteiger partial charge in [-0.2, -0.15) is 0 Å². The van der Waals surface area contributed by atoms with Crippen molar-refractivity contribution in [2.45, 2.75) is 12.3 Å². The number of hydrogen-bond donors (Lipinski definition) is 3. The molecule has 2 aromatic rings. The van der Waals surface area contributed by atoms with Gasteiger partial charge in [0.05, 0.1) is 12.3 Å². The Labute approximate surface area is 131 Å². The average molecular weight is 343 g/mol. The normalized spacial score (nSPS) is 11.4. The third kappa shape index (κ3) is 4.74. The molecule has 6 nitrogen and oxygen atoms in total. The number of nitrogens with two attached hydrogens (primary N) is 1. The fraction of sp³-hybridized carbons (Fsp3) is 0.167. The maximum absolute atomic E-state index is 11.9. The van der Waals surface area contributed by atoms with Crippen LogP contribution in [0.1, 0.15) is 16.8 Å². The van der Waals surface area contributed by atoms with Gasteiger partial charge < -0.3 is 10.7 Å². The smallest absolute Gasteiger partial charge is 0.304 e. The van der Waals surface area contributed by atoms with Crippen LogP contribution in [0.2, 0.25) is 0 Å². The van der Waals surface area contributed by atoms with Gasteiger partial charge in [0, 0.05) is 16.6 Å². The summed E-state index contributed by atoms with van der Waals surface area (Å²) in [6.45, 7) is 0.0616. The Bertz CT molecular complexity index is 791. The highest BCUT2D eigenvalue weighted by atomic mass is 32.2. The van der Waals surface area contributed by atoms with E-state index in [1.165, 1.54) is 0 Å². The molecule has 2 rings (SSSR count). The molecule has 1 aromatic carbocycles. The molecule has 0 saturated carbocycles. The molecule has 0 aliphatic heterocycles. The second kappa shape index (κ2) is 6.48. The van der Waals surface area contributed by atoms with Crippen molar-refractivity contribution in [1.29, 1.82) is 0 Å². The van der Waals surface area contributed by atoms with Crippen LogP contribution in [0.3, 0.4) is 0 Å². The van der Waals surface area contributed by atoms with Crippen LogP contribution in [0.25, 0.3) is 0 Å². The summed E-state index contributed by atoms with van der Waals surface area (Å²) in [6, 6.07) is 6.70. The summed E-state index contributed by atoms with van der Waals surface area (Å²) in [5.74, 6) is -0.154. The van der Waals surface area contributed by atoms with E-state index in [9.17, 15) is 13.2 Å². The highest BCUT2D eigenvalue weighted by Crippen LogP contribution is 2.08. The molecule has 0 spiro atoms. The summed E-state index contributed by atoms with van der Waals surface area (Å²) in [5.41, 5.74) is 7.33. The summed E-state index contributed by atoms with van der Waals surface area (Å²) < 4.78 is 26.3. The van der Waals surface area contributed by atoms with Gasteiger partial charge in [-0.3, -0.25) is 4.79 Å². The Kier molecular flexibility index (Phi) is 4.88. The quantitative estimate of drug-likeness (QED) is 0.669. The molecule has 1 heterocycles. The molecule has 0 radical (unpaired) electrons. The van der Waals surface area contributed by atoms with Crippen molar-refractivity contribution in [3.8, 4) is 0 Å². The summed E-state index contributed by atoms with van der Waals surface area (Å²) >= 11 is 5.83. The fourth-order valence-corrected chi connectivity index (χ4v) is 3.45. The van der Waals surface area contributed by atoms with Crippen LogP contribution in [0.4, 0.5) is 0 Å². The molecule has 0 fully saturated rings. The second-order valence-corrected chi connectivity index (χ2v) is 7.40. The van der Waals surface area contributed by atoms with E-state index in [-0.39, 0.29) is 22.2 Å². The highest BCUT2D eigenvalue weighted by molar-refractivity contribution is 7.88. The predicted octanol–water partition coefficient (Wildman–Crippen LogP) is 0.690. The molecule has 9 heteroatoms. The van der Waals surface area contributed by atoms with Crippen molar-refractivity contribution in [2.75, 3.05) is 0 Å². The van der Waals surface area contributed by atoms with Crippen molar-refractivity contribution in [3.05, 3.63) is 56.1 Å². The molecule has 4 N–H and O–H groups in total. The summed E-state index contributed by atoms with van der Waals surface area (Å²) in [6.07, 6.45) is 0. The zero-order chi connectivity index (χ0) is 15.5. The van der Waals surface area contributed by atoms with Crippen LogP contribution in [0, 0.1) is 0 Å². The van der Waals surface area contributed by atoms with Gasteiger partial charge in [-0.05, 0) is 5.56 Å². The number of H-pyrrole nitrogens is 1. The zero-order valence-corrected chi connectivity index (χ0v) is 13.3. The number of benzene rings is 1. The first kappa shape index (κ1) is 15.8. The lowest BCUT2D eigenvalue weighted by Crippen LogP contribution is -2.25. The predicted molar refractivity (Wildman–Crippen MR) is 86.7 cm³/mol. The molecule has 0 saturated heterocycles. The van der Waals surface area contributed by atoms with Gasteiger partial charge in [0.1, 0.15) is 4.99 Å². The molecule has 0 bridgehead atoms. The van der Waals surface area contributed by atoms with Crippen molar-refractivity contribution in [1.82, 2.24) is 9.71 Å². The first-order chi connectivity index (χ1) is 9.85. The number of sulfonamides is 1. The minimum atomic E-state index is -3.49. The third-order valence-corrected chi connectivity index (χ3v) is 4.90. The summed E-state index contributed by atoms with van der Waals surface area (Å²) in [4.78, 5) is 13.6. The van der Waals surface area contributed by atoms with E-state index < -0.39 is 10.0 Å². The molecule has 0 amide bonds. The number of rotatable bonds is 6. The van der Waals surface area contributed by atoms with Crippen LogP contribution < -0.4 is 15.3 Å². The van der Waals surface area contributed by atoms with Gasteiger partial charge in [-0.1, -0.05) is 47.8 Å². The summed E-state index contributed by atoms with van der Waals surface area (Å²) in [7, 11) is -3.49. The van der Waals surface area contributed by atoms with E-state index >= 15 is 0 Å². The molecule has 0 atom stereocenters. The van der Waals surface area contributed by atoms with Gasteiger partial charge in [0.15, 0.2) is 0 Å². The molecule has 112 valence electrons. The lowest BCUT2D eigenvalue weighted by Gasteiger charge is -2.06. The van der Waals surface area contributed by atoms with Crippen LogP contribution in [-0.4, -0.2) is 18.4 Å². The fourth-order valence-electron chi connectivity index (χ4n) is 1.62. The van der Waals surface area contributed by atoms with Gasteiger partial charge in [0.25, 0.3) is 0 Å². The SMILES string of the molecule is NC(=S)c1ccc(CS(=O)(=O)NCc2csc(=O)[nH]2)cc1. The monoisotopic (exact) mass is 343 g/mol. The van der Waals surface area contributed by atoms with E-state index in [1.54, 1.807) is 29.6 Å². The van der Waals surface area contributed by atoms with Crippen molar-refractivity contribution in [3.63, 3.8) is 0 Å². The molecule has 21 heavy (non-hydrogen) atoms. The number of thiazole rings is 1. The second-order valence-electron chi connectivity index (χ2n) is 4.31. The zero-order valence-electron chi connectivity index (χ0n) is 10.8. The van der Waals surface area contributed by atoms with Crippen LogP contribution >= 0.6 is 23.6 Å². The van der Waals surface area contributed by atoms with E-state index in [1.807, 2.05) is 0 Å². The number of nitrogens with one attached hydrogen (secondary N) is 2. The first-order valence-corrected chi connectivity index (χ1v) is 8.82. The van der Waals surface area contributed by atoms with E-state index in [0.29, 0.717) is 16.8 Å². The lowest BCUT2D eigenvalue weighted by atomic mass is 10.1. The minimum Gasteiger partial charge on any atom is -0.389 e. The maximum Gasteiger partial charge on any atom is 0.304 e. The van der Waals surface area contributed by atoms with Crippen molar-refractivity contribution >= 4 is 38.6 Å². The molecule has 0 aliphatic rings. The third-order valence-electron chi connectivity index (χ3n) is 2.65. The number of thiocarbonyl (C=S) groups is 1. The summed E-state index contributed by atoms with van der Waals surface area (Å²) in [5, 5.41) is 1.59. The average Bonchev–Trinajstić information content (AvgIpc) is 2.83. The van der Waals surface area contributed by atoms with E-state index in [4.69, 9.17) is 18.0 Å². The van der Waals surface area contributed by atoms with E-state index in [2.05, 4.69) is 9.71 Å². The lowest BCUT2D eigenvalue weighted by molar-refractivity contribution is 0.579. The molecule has 1 aromatic heterocycles. The van der Waals surface area contributed by atoms with Crippen LogP contribution in [0.15, 0.2) is 34.4 Å². The first-order valence-electron chi connectivity index (χ1n) is 5.88. The molecule has 0 aliphatic carbocycles. The molecule has 0 unspecified atom stereocenters. The van der Waals surface area contributed by atoms with Crippen LogP contribution in [0.5, 0.6) is 0 Å². The Morgan fingerprint density at radius 1 is 1.33 bits per heavy atom. The Hall–Kier alpha value is -1.55. The molecular weight excluding hydrogens is 330 g/mol. The van der Waals surface area contributed by atoms with Gasteiger partial charge in [-0.15, -0.1) is 0 Å². The van der Waals surface area contributed by atoms with Gasteiger partial charge >= 0.3 is 4.87 Å². The topological polar surface area (TPSA) is 105 Å². The number of aromatic nitrogens is 1. The maximum atomic E-state index is 11.9. The van der Waals surface area contributed by atoms with E-state index in [0.717, 1.165) is 11.3 Å². The number of aromatic amines is 1. The molecular formula is C12H13N3O3S3. The van der Waals surface area contributed by atoms with Crippen molar-refractivity contribution in [2.24, 2.45) is 5.73 Å². The Morgan fingerprint density at radius 3 is 2.52 bits per heavy atom. The van der Waals surface area contributed by atoms with Crippen LogP contribution in [-0.2, 0) is 22.3 Å². The Balaban J connectivity index is 2.00. The van der Waals surface area contributed by atoms with Gasteiger partial charge in [-0.25, -0.2) is 13.1 Å².